The smallest absolute Gasteiger partial charge is 0.316 e. The van der Waals surface area contributed by atoms with Gasteiger partial charge in [0.2, 0.25) is 0 Å². The lowest BCUT2D eigenvalue weighted by Crippen LogP contribution is -2.12. The van der Waals surface area contributed by atoms with E-state index in [1.807, 2.05) is 0 Å². The Balaban J connectivity index is 0. The molecular weight excluding hydrogens is 186 g/mol. The zero-order chi connectivity index (χ0) is 7.98. The molecule has 0 spiro atoms. The highest BCUT2D eigenvalue weighted by Gasteiger charge is 2.09. The van der Waals surface area contributed by atoms with Gasteiger partial charge in [0.05, 0.1) is 5.25 Å². The summed E-state index contributed by atoms with van der Waals surface area (Å²) in [6.07, 6.45) is 0.891. The molecule has 0 bridgehead atoms. The fraction of sp³-hybridized carbons (Fsp3) is 0.833. The summed E-state index contributed by atoms with van der Waals surface area (Å²) in [7, 11) is 0. The Morgan fingerprint density at radius 3 is 2.64 bits per heavy atom. The highest BCUT2D eigenvalue weighted by molar-refractivity contribution is 8.00. The van der Waals surface area contributed by atoms with E-state index in [0.717, 1.165) is 12.2 Å². The number of carboxylic acid groups (broad SMARTS) is 1. The van der Waals surface area contributed by atoms with Crippen molar-refractivity contribution in [3.05, 3.63) is 0 Å². The predicted molar refractivity (Wildman–Crippen MR) is 50.5 cm³/mol. The molecule has 0 aromatic heterocycles. The van der Waals surface area contributed by atoms with E-state index < -0.39 is 5.97 Å². The Bertz CT molecular complexity index is 113. The van der Waals surface area contributed by atoms with Crippen LogP contribution in [0.25, 0.3) is 0 Å². The molecule has 0 heterocycles. The van der Waals surface area contributed by atoms with E-state index in [1.54, 1.807) is 6.92 Å². The SMILES string of the molecule is CC(SCCCN)C(=O)O.Cl. The number of nitrogens with two attached hydrogens (primary N) is 1. The third kappa shape index (κ3) is 7.97. The van der Waals surface area contributed by atoms with Crippen LogP contribution in [0.5, 0.6) is 0 Å². The van der Waals surface area contributed by atoms with E-state index in [1.165, 1.54) is 11.8 Å². The van der Waals surface area contributed by atoms with Gasteiger partial charge in [-0.2, -0.15) is 0 Å². The lowest BCUT2D eigenvalue weighted by atomic mass is 10.5. The number of hydrogen-bond donors (Lipinski definition) is 2. The Morgan fingerprint density at radius 1 is 1.73 bits per heavy atom. The van der Waals surface area contributed by atoms with Gasteiger partial charge in [0, 0.05) is 0 Å². The molecule has 3 nitrogen and oxygen atoms in total. The first-order chi connectivity index (χ1) is 4.68. The van der Waals surface area contributed by atoms with Crippen LogP contribution in [0.2, 0.25) is 0 Å². The van der Waals surface area contributed by atoms with Crippen molar-refractivity contribution in [3.8, 4) is 0 Å². The average molecular weight is 200 g/mol. The summed E-state index contributed by atoms with van der Waals surface area (Å²) < 4.78 is 0. The van der Waals surface area contributed by atoms with E-state index >= 15 is 0 Å². The molecule has 0 aliphatic heterocycles. The molecule has 3 N–H and O–H groups in total. The molecule has 0 saturated carbocycles. The van der Waals surface area contributed by atoms with E-state index in [0.29, 0.717) is 6.54 Å². The Labute approximate surface area is 77.1 Å². The van der Waals surface area contributed by atoms with Gasteiger partial charge in [0.1, 0.15) is 0 Å². The topological polar surface area (TPSA) is 63.3 Å². The second-order valence-corrected chi connectivity index (χ2v) is 3.44. The van der Waals surface area contributed by atoms with Gasteiger partial charge in [-0.1, -0.05) is 0 Å². The first kappa shape index (κ1) is 13.6. The molecule has 1 atom stereocenters. The summed E-state index contributed by atoms with van der Waals surface area (Å²) in [4.78, 5) is 10.2. The van der Waals surface area contributed by atoms with Crippen LogP contribution < -0.4 is 5.73 Å². The van der Waals surface area contributed by atoms with Crippen molar-refractivity contribution < 1.29 is 9.90 Å². The molecule has 11 heavy (non-hydrogen) atoms. The number of halogens is 1. The standard InChI is InChI=1S/C6H13NO2S.ClH/c1-5(6(8)9)10-4-2-3-7;/h5H,2-4,7H2,1H3,(H,8,9);1H. The first-order valence-corrected chi connectivity index (χ1v) is 4.28. The summed E-state index contributed by atoms with van der Waals surface area (Å²) in [5, 5.41) is 8.13. The van der Waals surface area contributed by atoms with E-state index in [4.69, 9.17) is 10.8 Å². The van der Waals surface area contributed by atoms with E-state index in [-0.39, 0.29) is 17.7 Å². The number of aliphatic carboxylic acids is 1. The number of carbonyl (C=O) groups is 1. The quantitative estimate of drug-likeness (QED) is 0.648. The molecule has 0 aliphatic carbocycles. The summed E-state index contributed by atoms with van der Waals surface area (Å²) in [6.45, 7) is 2.32. The molecule has 0 fully saturated rings. The van der Waals surface area contributed by atoms with Crippen LogP contribution in [0.4, 0.5) is 0 Å². The minimum Gasteiger partial charge on any atom is -0.480 e. The average Bonchev–Trinajstić information content (AvgIpc) is 1.88. The van der Waals surface area contributed by atoms with Crippen molar-refractivity contribution in [2.45, 2.75) is 18.6 Å². The minimum absolute atomic E-state index is 0. The molecule has 0 aliphatic rings. The molecule has 0 radical (unpaired) electrons. The second kappa shape index (κ2) is 8.17. The van der Waals surface area contributed by atoms with Crippen molar-refractivity contribution >= 4 is 30.1 Å². The Morgan fingerprint density at radius 2 is 2.27 bits per heavy atom. The fourth-order valence-corrected chi connectivity index (χ4v) is 1.24. The fourth-order valence-electron chi connectivity index (χ4n) is 0.415. The molecular formula is C6H14ClNO2S. The van der Waals surface area contributed by atoms with Gasteiger partial charge in [-0.3, -0.25) is 4.79 Å². The maximum atomic E-state index is 10.2. The third-order valence-corrected chi connectivity index (χ3v) is 2.29. The number of hydrogen-bond acceptors (Lipinski definition) is 3. The van der Waals surface area contributed by atoms with Gasteiger partial charge < -0.3 is 10.8 Å². The van der Waals surface area contributed by atoms with Crippen LogP contribution in [-0.4, -0.2) is 28.6 Å². The lowest BCUT2D eigenvalue weighted by molar-refractivity contribution is -0.136. The summed E-state index contributed by atoms with van der Waals surface area (Å²) >= 11 is 1.43. The second-order valence-electron chi connectivity index (χ2n) is 1.99. The third-order valence-electron chi connectivity index (χ3n) is 1.06. The van der Waals surface area contributed by atoms with Crippen LogP contribution in [0.15, 0.2) is 0 Å². The van der Waals surface area contributed by atoms with Crippen LogP contribution in [-0.2, 0) is 4.79 Å². The minimum atomic E-state index is -0.748. The van der Waals surface area contributed by atoms with Crippen molar-refractivity contribution in [2.75, 3.05) is 12.3 Å². The summed E-state index contributed by atoms with van der Waals surface area (Å²) in [6, 6.07) is 0. The van der Waals surface area contributed by atoms with Crippen LogP contribution in [0, 0.1) is 0 Å². The van der Waals surface area contributed by atoms with Crippen molar-refractivity contribution in [2.24, 2.45) is 5.73 Å². The predicted octanol–water partition coefficient (Wildman–Crippen LogP) is 0.963. The molecule has 68 valence electrons. The van der Waals surface area contributed by atoms with E-state index in [9.17, 15) is 4.79 Å². The molecule has 0 saturated heterocycles. The maximum Gasteiger partial charge on any atom is 0.316 e. The van der Waals surface area contributed by atoms with Gasteiger partial charge in [0.25, 0.3) is 0 Å². The normalized spacial score (nSPS) is 11.8. The molecule has 0 rings (SSSR count). The molecule has 5 heteroatoms. The Hall–Kier alpha value is 0.0700. The number of thioether (sulfide) groups is 1. The lowest BCUT2D eigenvalue weighted by Gasteiger charge is -2.03. The maximum absolute atomic E-state index is 10.2. The first-order valence-electron chi connectivity index (χ1n) is 3.23. The van der Waals surface area contributed by atoms with Gasteiger partial charge in [-0.15, -0.1) is 24.2 Å². The molecule has 1 unspecified atom stereocenters. The van der Waals surface area contributed by atoms with Gasteiger partial charge in [-0.25, -0.2) is 0 Å². The van der Waals surface area contributed by atoms with Crippen LogP contribution in [0.3, 0.4) is 0 Å². The largest absolute Gasteiger partial charge is 0.480 e. The highest BCUT2D eigenvalue weighted by Crippen LogP contribution is 2.10. The van der Waals surface area contributed by atoms with Crippen LogP contribution >= 0.6 is 24.2 Å². The summed E-state index contributed by atoms with van der Waals surface area (Å²) in [5.74, 6) is 0.0891. The number of carboxylic acids is 1. The van der Waals surface area contributed by atoms with Gasteiger partial charge >= 0.3 is 5.97 Å². The zero-order valence-corrected chi connectivity index (χ0v) is 8.08. The molecule has 0 amide bonds. The summed E-state index contributed by atoms with van der Waals surface area (Å²) in [5.41, 5.74) is 5.23. The number of rotatable bonds is 5. The molecule has 0 aromatic carbocycles. The molecule has 0 aromatic rings. The van der Waals surface area contributed by atoms with Crippen LogP contribution in [0.1, 0.15) is 13.3 Å². The van der Waals surface area contributed by atoms with Crippen molar-refractivity contribution in [1.82, 2.24) is 0 Å². The van der Waals surface area contributed by atoms with Crippen molar-refractivity contribution in [3.63, 3.8) is 0 Å². The monoisotopic (exact) mass is 199 g/mol. The van der Waals surface area contributed by atoms with Gasteiger partial charge in [0.15, 0.2) is 0 Å². The van der Waals surface area contributed by atoms with Crippen molar-refractivity contribution in [1.29, 1.82) is 0 Å². The highest BCUT2D eigenvalue weighted by atomic mass is 35.5. The van der Waals surface area contributed by atoms with Gasteiger partial charge in [-0.05, 0) is 25.6 Å². The Kier molecular flexibility index (Phi) is 10.1. The zero-order valence-electron chi connectivity index (χ0n) is 6.45. The van der Waals surface area contributed by atoms with E-state index in [2.05, 4.69) is 0 Å².